The Morgan fingerprint density at radius 3 is 2.43 bits per heavy atom. The Kier molecular flexibility index (Phi) is 4.79. The number of aryl methyl sites for hydroxylation is 2. The molecule has 2 aromatic heterocycles. The SMILES string of the molecule is CCCCCCCCn1c(=O)c2cc(C)nn2c2ccccc21. The Bertz CT molecular complexity index is 860. The van der Waals surface area contributed by atoms with E-state index < -0.39 is 0 Å². The van der Waals surface area contributed by atoms with E-state index >= 15 is 0 Å². The molecule has 0 aliphatic rings. The van der Waals surface area contributed by atoms with Gasteiger partial charge in [-0.15, -0.1) is 0 Å². The molecule has 0 amide bonds. The number of hydrogen-bond acceptors (Lipinski definition) is 2. The lowest BCUT2D eigenvalue weighted by Gasteiger charge is -2.11. The van der Waals surface area contributed by atoms with Crippen molar-refractivity contribution in [3.8, 4) is 0 Å². The summed E-state index contributed by atoms with van der Waals surface area (Å²) in [4.78, 5) is 12.8. The summed E-state index contributed by atoms with van der Waals surface area (Å²) in [5.74, 6) is 0. The topological polar surface area (TPSA) is 39.3 Å². The van der Waals surface area contributed by atoms with Crippen LogP contribution in [0.25, 0.3) is 16.6 Å². The van der Waals surface area contributed by atoms with E-state index in [2.05, 4.69) is 12.0 Å². The highest BCUT2D eigenvalue weighted by atomic mass is 16.1. The fourth-order valence-corrected chi connectivity index (χ4v) is 3.23. The highest BCUT2D eigenvalue weighted by molar-refractivity contribution is 5.78. The van der Waals surface area contributed by atoms with Gasteiger partial charge in [-0.25, -0.2) is 4.52 Å². The summed E-state index contributed by atoms with van der Waals surface area (Å²) in [7, 11) is 0. The van der Waals surface area contributed by atoms with Gasteiger partial charge in [-0.2, -0.15) is 5.10 Å². The van der Waals surface area contributed by atoms with E-state index in [1.54, 1.807) is 4.52 Å². The Hall–Kier alpha value is -2.10. The number of rotatable bonds is 7. The van der Waals surface area contributed by atoms with Gasteiger partial charge >= 0.3 is 0 Å². The molecule has 0 fully saturated rings. The minimum Gasteiger partial charge on any atom is -0.305 e. The Morgan fingerprint density at radius 2 is 1.65 bits per heavy atom. The van der Waals surface area contributed by atoms with Crippen molar-refractivity contribution in [2.24, 2.45) is 0 Å². The van der Waals surface area contributed by atoms with Crippen LogP contribution in [0.3, 0.4) is 0 Å². The fraction of sp³-hybridized carbons (Fsp3) is 0.474. The molecule has 0 spiro atoms. The number of fused-ring (bicyclic) bond motifs is 3. The van der Waals surface area contributed by atoms with E-state index in [0.29, 0.717) is 5.52 Å². The van der Waals surface area contributed by atoms with Crippen LogP contribution in [-0.2, 0) is 6.54 Å². The number of hydrogen-bond donors (Lipinski definition) is 0. The van der Waals surface area contributed by atoms with Gasteiger partial charge in [0.15, 0.2) is 0 Å². The monoisotopic (exact) mass is 311 g/mol. The Balaban J connectivity index is 1.92. The lowest BCUT2D eigenvalue weighted by molar-refractivity contribution is 0.558. The largest absolute Gasteiger partial charge is 0.305 e. The Labute approximate surface area is 136 Å². The molecule has 23 heavy (non-hydrogen) atoms. The second kappa shape index (κ2) is 6.99. The van der Waals surface area contributed by atoms with Crippen LogP contribution in [0.4, 0.5) is 0 Å². The third kappa shape index (κ3) is 3.16. The van der Waals surface area contributed by atoms with Crippen molar-refractivity contribution >= 4 is 16.6 Å². The fourth-order valence-electron chi connectivity index (χ4n) is 3.23. The molecule has 4 heteroatoms. The van der Waals surface area contributed by atoms with Crippen molar-refractivity contribution in [1.82, 2.24) is 14.2 Å². The van der Waals surface area contributed by atoms with Crippen LogP contribution >= 0.6 is 0 Å². The number of aromatic nitrogens is 3. The number of nitrogens with zero attached hydrogens (tertiary/aromatic N) is 3. The first kappa shape index (κ1) is 15.8. The lowest BCUT2D eigenvalue weighted by Crippen LogP contribution is -2.23. The van der Waals surface area contributed by atoms with Gasteiger partial charge in [0.2, 0.25) is 0 Å². The molecule has 1 aromatic carbocycles. The van der Waals surface area contributed by atoms with Crippen LogP contribution < -0.4 is 5.56 Å². The third-order valence-corrected chi connectivity index (χ3v) is 4.43. The normalized spacial score (nSPS) is 11.6. The van der Waals surface area contributed by atoms with Crippen molar-refractivity contribution in [1.29, 1.82) is 0 Å². The minimum absolute atomic E-state index is 0.0675. The molecule has 122 valence electrons. The predicted molar refractivity (Wildman–Crippen MR) is 95.1 cm³/mol. The van der Waals surface area contributed by atoms with Gasteiger partial charge in [0.25, 0.3) is 5.56 Å². The molecule has 0 aliphatic heterocycles. The van der Waals surface area contributed by atoms with Gasteiger partial charge in [0.05, 0.1) is 16.7 Å². The third-order valence-electron chi connectivity index (χ3n) is 4.43. The molecule has 0 N–H and O–H groups in total. The van der Waals surface area contributed by atoms with E-state index in [4.69, 9.17) is 0 Å². The van der Waals surface area contributed by atoms with Gasteiger partial charge in [-0.1, -0.05) is 51.2 Å². The van der Waals surface area contributed by atoms with Crippen molar-refractivity contribution in [3.63, 3.8) is 0 Å². The van der Waals surface area contributed by atoms with E-state index in [9.17, 15) is 4.79 Å². The van der Waals surface area contributed by atoms with Gasteiger partial charge in [0.1, 0.15) is 5.52 Å². The summed E-state index contributed by atoms with van der Waals surface area (Å²) in [5, 5.41) is 4.48. The van der Waals surface area contributed by atoms with Crippen molar-refractivity contribution in [3.05, 3.63) is 46.4 Å². The first-order valence-corrected chi connectivity index (χ1v) is 8.70. The van der Waals surface area contributed by atoms with Crippen LogP contribution in [0, 0.1) is 6.92 Å². The van der Waals surface area contributed by atoms with Gasteiger partial charge in [-0.05, 0) is 31.5 Å². The second-order valence-corrected chi connectivity index (χ2v) is 6.30. The molecule has 0 atom stereocenters. The smallest absolute Gasteiger partial charge is 0.277 e. The molecule has 0 radical (unpaired) electrons. The summed E-state index contributed by atoms with van der Waals surface area (Å²) >= 11 is 0. The summed E-state index contributed by atoms with van der Waals surface area (Å²) in [6.45, 7) is 4.94. The minimum atomic E-state index is 0.0675. The summed E-state index contributed by atoms with van der Waals surface area (Å²) < 4.78 is 3.70. The molecule has 0 saturated carbocycles. The summed E-state index contributed by atoms with van der Waals surface area (Å²) in [6, 6.07) is 9.92. The number of unbranched alkanes of at least 4 members (excludes halogenated alkanes) is 5. The zero-order valence-electron chi connectivity index (χ0n) is 14.1. The highest BCUT2D eigenvalue weighted by Gasteiger charge is 2.11. The van der Waals surface area contributed by atoms with Crippen molar-refractivity contribution < 1.29 is 0 Å². The molecule has 0 aliphatic carbocycles. The molecule has 0 unspecified atom stereocenters. The van der Waals surface area contributed by atoms with E-state index in [-0.39, 0.29) is 5.56 Å². The summed E-state index contributed by atoms with van der Waals surface area (Å²) in [5.41, 5.74) is 3.59. The molecule has 3 aromatic rings. The molecule has 4 nitrogen and oxygen atoms in total. The molecular weight excluding hydrogens is 286 g/mol. The van der Waals surface area contributed by atoms with Crippen molar-refractivity contribution in [2.75, 3.05) is 0 Å². The lowest BCUT2D eigenvalue weighted by atomic mass is 10.1. The average Bonchev–Trinajstić information content (AvgIpc) is 2.95. The molecule has 0 bridgehead atoms. The Morgan fingerprint density at radius 1 is 0.957 bits per heavy atom. The maximum Gasteiger partial charge on any atom is 0.277 e. The van der Waals surface area contributed by atoms with Gasteiger partial charge in [0, 0.05) is 6.54 Å². The predicted octanol–water partition coefficient (Wildman–Crippen LogP) is 4.32. The maximum atomic E-state index is 12.8. The first-order valence-electron chi connectivity index (χ1n) is 8.70. The van der Waals surface area contributed by atoms with Crippen LogP contribution in [0.1, 0.15) is 51.1 Å². The standard InChI is InChI=1S/C19H25N3O/c1-3-4-5-6-7-10-13-21-16-11-8-9-12-17(16)22-18(19(21)23)14-15(2)20-22/h8-9,11-12,14H,3-7,10,13H2,1-2H3. The number of para-hydroxylation sites is 2. The van der Waals surface area contributed by atoms with Crippen molar-refractivity contribution in [2.45, 2.75) is 58.9 Å². The average molecular weight is 311 g/mol. The van der Waals surface area contributed by atoms with Crippen LogP contribution in [0.15, 0.2) is 35.1 Å². The molecule has 0 saturated heterocycles. The van der Waals surface area contributed by atoms with Crippen LogP contribution in [0.5, 0.6) is 0 Å². The van der Waals surface area contributed by atoms with Crippen LogP contribution in [-0.4, -0.2) is 14.2 Å². The maximum absolute atomic E-state index is 12.8. The van der Waals surface area contributed by atoms with Gasteiger partial charge in [-0.3, -0.25) is 4.79 Å². The number of benzene rings is 1. The highest BCUT2D eigenvalue weighted by Crippen LogP contribution is 2.16. The van der Waals surface area contributed by atoms with Crippen LogP contribution in [0.2, 0.25) is 0 Å². The van der Waals surface area contributed by atoms with E-state index in [1.807, 2.05) is 41.8 Å². The zero-order chi connectivity index (χ0) is 16.2. The molecule has 3 rings (SSSR count). The second-order valence-electron chi connectivity index (χ2n) is 6.30. The van der Waals surface area contributed by atoms with E-state index in [1.165, 1.54) is 32.1 Å². The summed E-state index contributed by atoms with van der Waals surface area (Å²) in [6.07, 6.45) is 7.37. The van der Waals surface area contributed by atoms with Gasteiger partial charge < -0.3 is 4.57 Å². The zero-order valence-corrected chi connectivity index (χ0v) is 14.1. The molecular formula is C19H25N3O. The molecule has 2 heterocycles. The van der Waals surface area contributed by atoms with E-state index in [0.717, 1.165) is 29.7 Å². The first-order chi connectivity index (χ1) is 11.2. The quantitative estimate of drug-likeness (QED) is 0.610.